The molecule has 1 aromatic carbocycles. The largest absolute Gasteiger partial charge is 0.349 e. The molecule has 0 aliphatic carbocycles. The van der Waals surface area contributed by atoms with Gasteiger partial charge < -0.3 is 10.2 Å². The van der Waals surface area contributed by atoms with Crippen LogP contribution in [0.2, 0.25) is 0 Å². The highest BCUT2D eigenvalue weighted by atomic mass is 16.2. The normalized spacial score (nSPS) is 10.6. The molecule has 0 spiro atoms. The van der Waals surface area contributed by atoms with Crippen molar-refractivity contribution in [2.75, 3.05) is 20.6 Å². The number of carbonyl (C=O) groups excluding carboxylic acids is 1. The number of rotatable bonds is 5. The average molecular weight is 257 g/mol. The van der Waals surface area contributed by atoms with Crippen molar-refractivity contribution < 1.29 is 4.79 Å². The van der Waals surface area contributed by atoms with Crippen LogP contribution in [0.3, 0.4) is 0 Å². The smallest absolute Gasteiger partial charge is 0.223 e. The molecule has 0 atom stereocenters. The molecule has 2 rings (SSSR count). The first-order valence-corrected chi connectivity index (χ1v) is 6.42. The average Bonchev–Trinajstić information content (AvgIpc) is 2.43. The van der Waals surface area contributed by atoms with Gasteiger partial charge in [-0.1, -0.05) is 24.3 Å². The molecule has 100 valence electrons. The first kappa shape index (κ1) is 13.5. The molecule has 0 saturated carbocycles. The molecule has 0 unspecified atom stereocenters. The molecule has 0 aliphatic rings. The number of aromatic nitrogens is 1. The molecule has 2 aromatic rings. The summed E-state index contributed by atoms with van der Waals surface area (Å²) in [4.78, 5) is 17.5. The van der Waals surface area contributed by atoms with Crippen LogP contribution in [0.5, 0.6) is 0 Å². The van der Waals surface area contributed by atoms with E-state index in [1.165, 1.54) is 0 Å². The molecule has 0 fully saturated rings. The minimum Gasteiger partial charge on any atom is -0.349 e. The molecule has 1 heterocycles. The molecule has 0 bridgehead atoms. The lowest BCUT2D eigenvalue weighted by atomic mass is 10.1. The zero-order chi connectivity index (χ0) is 13.7. The number of benzene rings is 1. The number of amides is 1. The fraction of sp³-hybridized carbons (Fsp3) is 0.333. The summed E-state index contributed by atoms with van der Waals surface area (Å²) in [7, 11) is 3.55. The first-order valence-electron chi connectivity index (χ1n) is 6.42. The predicted octanol–water partition coefficient (Wildman–Crippen LogP) is 1.80. The SMILES string of the molecule is CN(C)C(=O)CCNCc1cccc2cccnc12. The molecule has 0 radical (unpaired) electrons. The number of pyridine rings is 1. The predicted molar refractivity (Wildman–Crippen MR) is 76.8 cm³/mol. The van der Waals surface area contributed by atoms with E-state index in [-0.39, 0.29) is 5.91 Å². The highest BCUT2D eigenvalue weighted by molar-refractivity contribution is 5.81. The second-order valence-electron chi connectivity index (χ2n) is 4.71. The molecule has 1 aromatic heterocycles. The minimum absolute atomic E-state index is 0.142. The maximum Gasteiger partial charge on any atom is 0.223 e. The summed E-state index contributed by atoms with van der Waals surface area (Å²) in [5.74, 6) is 0.142. The monoisotopic (exact) mass is 257 g/mol. The van der Waals surface area contributed by atoms with Gasteiger partial charge in [-0.2, -0.15) is 0 Å². The van der Waals surface area contributed by atoms with Crippen LogP contribution in [0.1, 0.15) is 12.0 Å². The molecule has 4 heteroatoms. The van der Waals surface area contributed by atoms with Crippen LogP contribution in [0.4, 0.5) is 0 Å². The number of nitrogens with one attached hydrogen (secondary N) is 1. The van der Waals surface area contributed by atoms with Crippen molar-refractivity contribution in [3.63, 3.8) is 0 Å². The van der Waals surface area contributed by atoms with E-state index in [4.69, 9.17) is 0 Å². The summed E-state index contributed by atoms with van der Waals surface area (Å²) in [6.07, 6.45) is 2.33. The summed E-state index contributed by atoms with van der Waals surface area (Å²) in [6, 6.07) is 10.2. The van der Waals surface area contributed by atoms with Crippen molar-refractivity contribution in [3.8, 4) is 0 Å². The number of carbonyl (C=O) groups is 1. The minimum atomic E-state index is 0.142. The molecular formula is C15H19N3O. The Morgan fingerprint density at radius 2 is 2.05 bits per heavy atom. The van der Waals surface area contributed by atoms with Crippen molar-refractivity contribution in [3.05, 3.63) is 42.1 Å². The first-order chi connectivity index (χ1) is 9.18. The lowest BCUT2D eigenvalue weighted by molar-refractivity contribution is -0.128. The van der Waals surface area contributed by atoms with Gasteiger partial charge in [0.05, 0.1) is 5.52 Å². The molecule has 1 N–H and O–H groups in total. The molecule has 0 aliphatic heterocycles. The van der Waals surface area contributed by atoms with Gasteiger partial charge in [0.25, 0.3) is 0 Å². The highest BCUT2D eigenvalue weighted by Crippen LogP contribution is 2.15. The number of para-hydroxylation sites is 1. The fourth-order valence-electron chi connectivity index (χ4n) is 1.95. The van der Waals surface area contributed by atoms with Crippen LogP contribution in [-0.2, 0) is 11.3 Å². The van der Waals surface area contributed by atoms with Gasteiger partial charge in [0.15, 0.2) is 0 Å². The fourth-order valence-corrected chi connectivity index (χ4v) is 1.95. The topological polar surface area (TPSA) is 45.2 Å². The Labute approximate surface area is 113 Å². The van der Waals surface area contributed by atoms with Crippen LogP contribution in [0.15, 0.2) is 36.5 Å². The van der Waals surface area contributed by atoms with Crippen molar-refractivity contribution in [2.24, 2.45) is 0 Å². The Hall–Kier alpha value is -1.94. The van der Waals surface area contributed by atoms with E-state index in [1.807, 2.05) is 12.1 Å². The molecule has 4 nitrogen and oxygen atoms in total. The van der Waals surface area contributed by atoms with Crippen molar-refractivity contribution in [1.82, 2.24) is 15.2 Å². The van der Waals surface area contributed by atoms with Gasteiger partial charge >= 0.3 is 0 Å². The molecule has 1 amide bonds. The maximum atomic E-state index is 11.4. The number of fused-ring (bicyclic) bond motifs is 1. The van der Waals surface area contributed by atoms with Gasteiger partial charge in [0.2, 0.25) is 5.91 Å². The molecule has 19 heavy (non-hydrogen) atoms. The zero-order valence-corrected chi connectivity index (χ0v) is 11.4. The van der Waals surface area contributed by atoms with Crippen LogP contribution in [0.25, 0.3) is 10.9 Å². The van der Waals surface area contributed by atoms with Crippen molar-refractivity contribution in [2.45, 2.75) is 13.0 Å². The summed E-state index contributed by atoms with van der Waals surface area (Å²) < 4.78 is 0. The van der Waals surface area contributed by atoms with Gasteiger partial charge in [0, 0.05) is 45.2 Å². The summed E-state index contributed by atoms with van der Waals surface area (Å²) in [6.45, 7) is 1.41. The Kier molecular flexibility index (Phi) is 4.47. The Morgan fingerprint density at radius 3 is 2.84 bits per heavy atom. The second-order valence-corrected chi connectivity index (χ2v) is 4.71. The van der Waals surface area contributed by atoms with E-state index in [0.717, 1.165) is 23.0 Å². The van der Waals surface area contributed by atoms with Crippen LogP contribution in [-0.4, -0.2) is 36.4 Å². The quantitative estimate of drug-likeness (QED) is 0.831. The van der Waals surface area contributed by atoms with Crippen LogP contribution in [0, 0.1) is 0 Å². The lowest BCUT2D eigenvalue weighted by Crippen LogP contribution is -2.26. The Morgan fingerprint density at radius 1 is 1.26 bits per heavy atom. The summed E-state index contributed by atoms with van der Waals surface area (Å²) in [5, 5.41) is 4.44. The lowest BCUT2D eigenvalue weighted by Gasteiger charge is -2.11. The van der Waals surface area contributed by atoms with Crippen molar-refractivity contribution in [1.29, 1.82) is 0 Å². The summed E-state index contributed by atoms with van der Waals surface area (Å²) >= 11 is 0. The zero-order valence-electron chi connectivity index (χ0n) is 11.4. The van der Waals surface area contributed by atoms with Gasteiger partial charge in [-0.25, -0.2) is 0 Å². The number of hydrogen-bond acceptors (Lipinski definition) is 3. The maximum absolute atomic E-state index is 11.4. The standard InChI is InChI=1S/C15H19N3O/c1-18(2)14(19)8-10-16-11-13-6-3-5-12-7-4-9-17-15(12)13/h3-7,9,16H,8,10-11H2,1-2H3. The van der Waals surface area contributed by atoms with Gasteiger partial charge in [-0.3, -0.25) is 9.78 Å². The van der Waals surface area contributed by atoms with E-state index < -0.39 is 0 Å². The third kappa shape index (κ3) is 3.51. The number of nitrogens with zero attached hydrogens (tertiary/aromatic N) is 2. The second kappa shape index (κ2) is 6.29. The van der Waals surface area contributed by atoms with E-state index in [0.29, 0.717) is 13.0 Å². The van der Waals surface area contributed by atoms with Crippen LogP contribution >= 0.6 is 0 Å². The van der Waals surface area contributed by atoms with Crippen molar-refractivity contribution >= 4 is 16.8 Å². The van der Waals surface area contributed by atoms with E-state index in [1.54, 1.807) is 25.2 Å². The van der Waals surface area contributed by atoms with Gasteiger partial charge in [0.1, 0.15) is 0 Å². The van der Waals surface area contributed by atoms with E-state index in [9.17, 15) is 4.79 Å². The molecular weight excluding hydrogens is 238 g/mol. The third-order valence-corrected chi connectivity index (χ3v) is 3.05. The van der Waals surface area contributed by atoms with Crippen LogP contribution < -0.4 is 5.32 Å². The van der Waals surface area contributed by atoms with E-state index in [2.05, 4.69) is 28.5 Å². The summed E-state index contributed by atoms with van der Waals surface area (Å²) in [5.41, 5.74) is 2.19. The van der Waals surface area contributed by atoms with Gasteiger partial charge in [-0.15, -0.1) is 0 Å². The Balaban J connectivity index is 1.93. The Bertz CT molecular complexity index is 561. The van der Waals surface area contributed by atoms with Gasteiger partial charge in [-0.05, 0) is 11.6 Å². The number of hydrogen-bond donors (Lipinski definition) is 1. The third-order valence-electron chi connectivity index (χ3n) is 3.05. The van der Waals surface area contributed by atoms with E-state index >= 15 is 0 Å². The highest BCUT2D eigenvalue weighted by Gasteiger charge is 2.04. The molecule has 0 saturated heterocycles.